The van der Waals surface area contributed by atoms with Gasteiger partial charge in [-0.05, 0) is 37.6 Å². The molecule has 0 saturated heterocycles. The Morgan fingerprint density at radius 3 is 3.00 bits per heavy atom. The Hall–Kier alpha value is -1.57. The zero-order valence-electron chi connectivity index (χ0n) is 7.74. The standard InChI is InChI=1S/C11H11NO/c1-3-4-11-12-9-6-5-8(2)7-10(9)13-11/h3-7H,1-2H3. The van der Waals surface area contributed by atoms with Crippen LogP contribution in [0.5, 0.6) is 0 Å². The van der Waals surface area contributed by atoms with Gasteiger partial charge in [0.15, 0.2) is 5.58 Å². The number of oxazole rings is 1. The highest BCUT2D eigenvalue weighted by Gasteiger charge is 2.01. The number of hydrogen-bond acceptors (Lipinski definition) is 2. The third kappa shape index (κ3) is 1.47. The van der Waals surface area contributed by atoms with Crippen molar-refractivity contribution in [3.8, 4) is 0 Å². The molecule has 2 rings (SSSR count). The highest BCUT2D eigenvalue weighted by molar-refractivity contribution is 5.74. The first-order valence-corrected chi connectivity index (χ1v) is 4.29. The van der Waals surface area contributed by atoms with Crippen molar-refractivity contribution < 1.29 is 4.42 Å². The molecule has 0 radical (unpaired) electrons. The van der Waals surface area contributed by atoms with Crippen molar-refractivity contribution in [1.29, 1.82) is 0 Å². The van der Waals surface area contributed by atoms with E-state index in [0.717, 1.165) is 11.1 Å². The zero-order chi connectivity index (χ0) is 9.26. The number of benzene rings is 1. The summed E-state index contributed by atoms with van der Waals surface area (Å²) in [4.78, 5) is 4.29. The molecule has 2 nitrogen and oxygen atoms in total. The molecule has 1 aromatic heterocycles. The summed E-state index contributed by atoms with van der Waals surface area (Å²) in [6, 6.07) is 6.00. The summed E-state index contributed by atoms with van der Waals surface area (Å²) in [5.41, 5.74) is 2.96. The second-order valence-corrected chi connectivity index (χ2v) is 3.02. The minimum absolute atomic E-state index is 0.670. The summed E-state index contributed by atoms with van der Waals surface area (Å²) < 4.78 is 5.49. The van der Waals surface area contributed by atoms with E-state index in [1.807, 2.05) is 44.2 Å². The molecule has 2 aromatic rings. The molecule has 0 bridgehead atoms. The molecule has 0 amide bonds. The summed E-state index contributed by atoms with van der Waals surface area (Å²) in [7, 11) is 0. The van der Waals surface area contributed by atoms with Crippen LogP contribution in [0.25, 0.3) is 17.2 Å². The van der Waals surface area contributed by atoms with E-state index in [9.17, 15) is 0 Å². The lowest BCUT2D eigenvalue weighted by Crippen LogP contribution is -1.70. The number of rotatable bonds is 1. The Bertz CT molecular complexity index is 454. The Labute approximate surface area is 76.9 Å². The molecule has 0 aliphatic heterocycles. The first-order valence-electron chi connectivity index (χ1n) is 4.29. The van der Waals surface area contributed by atoms with E-state index in [-0.39, 0.29) is 0 Å². The van der Waals surface area contributed by atoms with Crippen LogP contribution in [0, 0.1) is 6.92 Å². The normalized spacial score (nSPS) is 11.5. The minimum Gasteiger partial charge on any atom is -0.437 e. The molecule has 0 saturated carbocycles. The topological polar surface area (TPSA) is 26.0 Å². The first kappa shape index (κ1) is 8.05. The van der Waals surface area contributed by atoms with Gasteiger partial charge in [0.05, 0.1) is 0 Å². The second-order valence-electron chi connectivity index (χ2n) is 3.02. The van der Waals surface area contributed by atoms with Gasteiger partial charge in [-0.1, -0.05) is 12.1 Å². The molecule has 1 aromatic carbocycles. The maximum absolute atomic E-state index is 5.49. The Kier molecular flexibility index (Phi) is 1.89. The van der Waals surface area contributed by atoms with Gasteiger partial charge in [-0.25, -0.2) is 4.98 Å². The van der Waals surface area contributed by atoms with Crippen LogP contribution in [0.15, 0.2) is 28.7 Å². The predicted molar refractivity (Wildman–Crippen MR) is 53.5 cm³/mol. The molecule has 66 valence electrons. The van der Waals surface area contributed by atoms with Crippen LogP contribution in [-0.2, 0) is 0 Å². The Morgan fingerprint density at radius 2 is 2.23 bits per heavy atom. The summed E-state index contributed by atoms with van der Waals surface area (Å²) >= 11 is 0. The van der Waals surface area contributed by atoms with Crippen molar-refractivity contribution in [2.24, 2.45) is 0 Å². The van der Waals surface area contributed by atoms with Crippen LogP contribution in [0.2, 0.25) is 0 Å². The monoisotopic (exact) mass is 173 g/mol. The second kappa shape index (κ2) is 3.05. The van der Waals surface area contributed by atoms with Crippen LogP contribution in [0.4, 0.5) is 0 Å². The highest BCUT2D eigenvalue weighted by atomic mass is 16.3. The van der Waals surface area contributed by atoms with Crippen LogP contribution >= 0.6 is 0 Å². The van der Waals surface area contributed by atoms with Crippen molar-refractivity contribution in [2.45, 2.75) is 13.8 Å². The molecule has 0 spiro atoms. The third-order valence-electron chi connectivity index (χ3n) is 1.87. The lowest BCUT2D eigenvalue weighted by atomic mass is 10.2. The molecule has 0 aliphatic carbocycles. The summed E-state index contributed by atoms with van der Waals surface area (Å²) in [6.45, 7) is 3.98. The van der Waals surface area contributed by atoms with E-state index in [2.05, 4.69) is 4.98 Å². The summed E-state index contributed by atoms with van der Waals surface area (Å²) in [5.74, 6) is 0.670. The first-order chi connectivity index (χ1) is 6.29. The van der Waals surface area contributed by atoms with Crippen LogP contribution in [0.3, 0.4) is 0 Å². The van der Waals surface area contributed by atoms with E-state index in [1.165, 1.54) is 5.56 Å². The number of allylic oxidation sites excluding steroid dienone is 1. The fourth-order valence-electron chi connectivity index (χ4n) is 1.26. The molecule has 0 N–H and O–H groups in total. The number of aryl methyl sites for hydroxylation is 1. The molecule has 2 heteroatoms. The fourth-order valence-corrected chi connectivity index (χ4v) is 1.26. The molecule has 13 heavy (non-hydrogen) atoms. The van der Waals surface area contributed by atoms with Gasteiger partial charge in [0, 0.05) is 0 Å². The van der Waals surface area contributed by atoms with Gasteiger partial charge in [0.25, 0.3) is 0 Å². The maximum atomic E-state index is 5.49. The Balaban J connectivity index is 2.62. The van der Waals surface area contributed by atoms with Gasteiger partial charge in [-0.15, -0.1) is 0 Å². The highest BCUT2D eigenvalue weighted by Crippen LogP contribution is 2.17. The van der Waals surface area contributed by atoms with Crippen molar-refractivity contribution in [2.75, 3.05) is 0 Å². The molecule has 0 aliphatic rings. The number of aromatic nitrogens is 1. The molecular formula is C11H11NO. The molecular weight excluding hydrogens is 162 g/mol. The minimum atomic E-state index is 0.670. The van der Waals surface area contributed by atoms with Gasteiger partial charge < -0.3 is 4.42 Å². The van der Waals surface area contributed by atoms with Gasteiger partial charge in [-0.2, -0.15) is 0 Å². The van der Waals surface area contributed by atoms with Gasteiger partial charge in [-0.3, -0.25) is 0 Å². The quantitative estimate of drug-likeness (QED) is 0.662. The van der Waals surface area contributed by atoms with E-state index in [1.54, 1.807) is 0 Å². The summed E-state index contributed by atoms with van der Waals surface area (Å²) in [5, 5.41) is 0. The molecule has 0 unspecified atom stereocenters. The molecule has 0 fully saturated rings. The van der Waals surface area contributed by atoms with E-state index >= 15 is 0 Å². The van der Waals surface area contributed by atoms with Gasteiger partial charge in [0.1, 0.15) is 5.52 Å². The fraction of sp³-hybridized carbons (Fsp3) is 0.182. The SMILES string of the molecule is CC=Cc1nc2ccc(C)cc2o1. The predicted octanol–water partition coefficient (Wildman–Crippen LogP) is 3.17. The number of nitrogens with zero attached hydrogens (tertiary/aromatic N) is 1. The zero-order valence-corrected chi connectivity index (χ0v) is 7.74. The lowest BCUT2D eigenvalue weighted by molar-refractivity contribution is 0.589. The van der Waals surface area contributed by atoms with Crippen molar-refractivity contribution in [1.82, 2.24) is 4.98 Å². The van der Waals surface area contributed by atoms with E-state index in [0.29, 0.717) is 5.89 Å². The average molecular weight is 173 g/mol. The number of hydrogen-bond donors (Lipinski definition) is 0. The van der Waals surface area contributed by atoms with Crippen LogP contribution < -0.4 is 0 Å². The maximum Gasteiger partial charge on any atom is 0.219 e. The lowest BCUT2D eigenvalue weighted by Gasteiger charge is -1.87. The van der Waals surface area contributed by atoms with E-state index < -0.39 is 0 Å². The van der Waals surface area contributed by atoms with Crippen molar-refractivity contribution in [3.63, 3.8) is 0 Å². The third-order valence-corrected chi connectivity index (χ3v) is 1.87. The van der Waals surface area contributed by atoms with Crippen molar-refractivity contribution >= 4 is 17.2 Å². The van der Waals surface area contributed by atoms with Gasteiger partial charge >= 0.3 is 0 Å². The van der Waals surface area contributed by atoms with E-state index in [4.69, 9.17) is 4.42 Å². The van der Waals surface area contributed by atoms with Crippen molar-refractivity contribution in [3.05, 3.63) is 35.7 Å². The molecule has 1 heterocycles. The number of fused-ring (bicyclic) bond motifs is 1. The van der Waals surface area contributed by atoms with Gasteiger partial charge in [0.2, 0.25) is 5.89 Å². The smallest absolute Gasteiger partial charge is 0.219 e. The Morgan fingerprint density at radius 1 is 1.38 bits per heavy atom. The largest absolute Gasteiger partial charge is 0.437 e. The van der Waals surface area contributed by atoms with Crippen LogP contribution in [-0.4, -0.2) is 4.98 Å². The van der Waals surface area contributed by atoms with Crippen LogP contribution in [0.1, 0.15) is 18.4 Å². The average Bonchev–Trinajstić information content (AvgIpc) is 2.46. The summed E-state index contributed by atoms with van der Waals surface area (Å²) in [6.07, 6.45) is 3.77. The molecule has 0 atom stereocenters.